The number of ether oxygens (including phenoxy) is 2. The monoisotopic (exact) mass is 326 g/mol. The average molecular weight is 326 g/mol. The molecule has 8 heteroatoms. The van der Waals surface area contributed by atoms with E-state index >= 15 is 0 Å². The van der Waals surface area contributed by atoms with Crippen molar-refractivity contribution in [1.29, 1.82) is 0 Å². The zero-order valence-corrected chi connectivity index (χ0v) is 12.8. The largest absolute Gasteiger partial charge is 0.454 e. The van der Waals surface area contributed by atoms with E-state index in [9.17, 15) is 13.2 Å². The molecule has 120 valence electrons. The molecule has 2 N–H and O–H groups in total. The Balaban J connectivity index is 1.46. The number of fused-ring (bicyclic) bond motifs is 1. The summed E-state index contributed by atoms with van der Waals surface area (Å²) in [4.78, 5) is 11.7. The molecule has 0 aliphatic carbocycles. The lowest BCUT2D eigenvalue weighted by molar-refractivity contribution is 0.174. The lowest BCUT2D eigenvalue weighted by atomic mass is 10.2. The van der Waals surface area contributed by atoms with Gasteiger partial charge in [-0.25, -0.2) is 13.2 Å². The van der Waals surface area contributed by atoms with Gasteiger partial charge in [-0.15, -0.1) is 0 Å². The van der Waals surface area contributed by atoms with Crippen LogP contribution in [0.1, 0.15) is 18.4 Å². The Bertz CT molecular complexity index is 674. The average Bonchev–Trinajstić information content (AvgIpc) is 3.08. The van der Waals surface area contributed by atoms with Gasteiger partial charge in [0.15, 0.2) is 21.3 Å². The van der Waals surface area contributed by atoms with Crippen molar-refractivity contribution < 1.29 is 22.7 Å². The number of hydrogen-bond acceptors (Lipinski definition) is 5. The van der Waals surface area contributed by atoms with Crippen molar-refractivity contribution in [3.05, 3.63) is 23.8 Å². The molecule has 3 rings (SSSR count). The summed E-state index contributed by atoms with van der Waals surface area (Å²) in [7, 11) is -3.03. The highest BCUT2D eigenvalue weighted by molar-refractivity contribution is 7.92. The van der Waals surface area contributed by atoms with Crippen LogP contribution in [0.4, 0.5) is 4.79 Å². The topological polar surface area (TPSA) is 93.7 Å². The maximum absolute atomic E-state index is 11.7. The van der Waals surface area contributed by atoms with Crippen molar-refractivity contribution in [2.75, 3.05) is 19.1 Å². The molecule has 0 bridgehead atoms. The van der Waals surface area contributed by atoms with Crippen molar-refractivity contribution in [3.8, 4) is 11.5 Å². The lowest BCUT2D eigenvalue weighted by Crippen LogP contribution is -2.40. The van der Waals surface area contributed by atoms with Crippen LogP contribution in [0, 0.1) is 0 Å². The fourth-order valence-corrected chi connectivity index (χ4v) is 4.36. The fourth-order valence-electron chi connectivity index (χ4n) is 2.59. The summed E-state index contributed by atoms with van der Waals surface area (Å²) in [5.74, 6) is 1.58. The third-order valence-electron chi connectivity index (χ3n) is 3.84. The molecule has 2 aliphatic rings. The Morgan fingerprint density at radius 3 is 2.82 bits per heavy atom. The first-order valence-corrected chi connectivity index (χ1v) is 8.88. The van der Waals surface area contributed by atoms with Crippen molar-refractivity contribution >= 4 is 15.9 Å². The van der Waals surface area contributed by atoms with Crippen LogP contribution < -0.4 is 20.1 Å². The quantitative estimate of drug-likeness (QED) is 0.853. The number of rotatable bonds is 4. The van der Waals surface area contributed by atoms with Gasteiger partial charge < -0.3 is 20.1 Å². The summed E-state index contributed by atoms with van der Waals surface area (Å²) in [5.41, 5.74) is 0.882. The zero-order valence-electron chi connectivity index (χ0n) is 12.0. The maximum atomic E-state index is 11.7. The SMILES string of the molecule is O=C(NCc1ccc2c(c1)OCO2)NC[C@@H]1CCCS1(=O)=O. The summed E-state index contributed by atoms with van der Waals surface area (Å²) >= 11 is 0. The molecule has 22 heavy (non-hydrogen) atoms. The first-order valence-electron chi connectivity index (χ1n) is 7.16. The number of urea groups is 1. The Hall–Kier alpha value is -1.96. The fraction of sp³-hybridized carbons (Fsp3) is 0.500. The van der Waals surface area contributed by atoms with Crippen molar-refractivity contribution in [3.63, 3.8) is 0 Å². The first-order chi connectivity index (χ1) is 10.5. The molecule has 1 saturated heterocycles. The van der Waals surface area contributed by atoms with E-state index in [0.717, 1.165) is 5.56 Å². The number of nitrogens with one attached hydrogen (secondary N) is 2. The van der Waals surface area contributed by atoms with Crippen molar-refractivity contribution in [2.45, 2.75) is 24.6 Å². The number of amides is 2. The number of carbonyl (C=O) groups excluding carboxylic acids is 1. The normalized spacial score (nSPS) is 21.5. The first kappa shape index (κ1) is 15.0. The molecule has 1 atom stereocenters. The molecule has 1 fully saturated rings. The lowest BCUT2D eigenvalue weighted by Gasteiger charge is -2.12. The van der Waals surface area contributed by atoms with E-state index in [4.69, 9.17) is 9.47 Å². The van der Waals surface area contributed by atoms with Gasteiger partial charge in [-0.2, -0.15) is 0 Å². The second kappa shape index (κ2) is 6.04. The van der Waals surface area contributed by atoms with Crippen LogP contribution in [0.25, 0.3) is 0 Å². The molecule has 1 aromatic carbocycles. The van der Waals surface area contributed by atoms with Gasteiger partial charge in [0.05, 0.1) is 11.0 Å². The summed E-state index contributed by atoms with van der Waals surface area (Å²) in [6, 6.07) is 5.07. The van der Waals surface area contributed by atoms with Crippen LogP contribution in [0.15, 0.2) is 18.2 Å². The van der Waals surface area contributed by atoms with Gasteiger partial charge in [0.1, 0.15) is 0 Å². The van der Waals surface area contributed by atoms with Crippen LogP contribution in [0.5, 0.6) is 11.5 Å². The number of hydrogen-bond donors (Lipinski definition) is 2. The highest BCUT2D eigenvalue weighted by Gasteiger charge is 2.31. The third-order valence-corrected chi connectivity index (χ3v) is 6.12. The second-order valence-corrected chi connectivity index (χ2v) is 7.78. The van der Waals surface area contributed by atoms with Crippen LogP contribution in [0.3, 0.4) is 0 Å². The zero-order chi connectivity index (χ0) is 15.6. The summed E-state index contributed by atoms with van der Waals surface area (Å²) in [6.45, 7) is 0.706. The molecule has 0 saturated carbocycles. The standard InChI is InChI=1S/C14H18N2O5S/c17-14(16-8-11-2-1-5-22(11,18)19)15-7-10-3-4-12-13(6-10)21-9-20-12/h3-4,6,11H,1-2,5,7-9H2,(H2,15,16,17)/t11-/m0/s1. The van der Waals surface area contributed by atoms with Gasteiger partial charge in [0, 0.05) is 13.1 Å². The maximum Gasteiger partial charge on any atom is 0.315 e. The highest BCUT2D eigenvalue weighted by atomic mass is 32.2. The Morgan fingerprint density at radius 2 is 2.05 bits per heavy atom. The van der Waals surface area contributed by atoms with Crippen molar-refractivity contribution in [2.24, 2.45) is 0 Å². The van der Waals surface area contributed by atoms with Crippen LogP contribution in [0.2, 0.25) is 0 Å². The smallest absolute Gasteiger partial charge is 0.315 e. The molecule has 2 heterocycles. The number of benzene rings is 1. The van der Waals surface area contributed by atoms with Gasteiger partial charge in [0.2, 0.25) is 6.79 Å². The van der Waals surface area contributed by atoms with Gasteiger partial charge in [0.25, 0.3) is 0 Å². The molecule has 0 radical (unpaired) electrons. The Morgan fingerprint density at radius 1 is 1.23 bits per heavy atom. The van der Waals surface area contributed by atoms with E-state index in [1.54, 1.807) is 6.07 Å². The minimum Gasteiger partial charge on any atom is -0.454 e. The Kier molecular flexibility index (Phi) is 4.10. The summed E-state index contributed by atoms with van der Waals surface area (Å²) in [6.07, 6.45) is 1.29. The molecule has 1 aromatic rings. The van der Waals surface area contributed by atoms with Crippen LogP contribution >= 0.6 is 0 Å². The molecule has 0 unspecified atom stereocenters. The summed E-state index contributed by atoms with van der Waals surface area (Å²) < 4.78 is 33.8. The highest BCUT2D eigenvalue weighted by Crippen LogP contribution is 2.32. The molecule has 2 amide bonds. The van der Waals surface area contributed by atoms with E-state index in [1.165, 1.54) is 0 Å². The van der Waals surface area contributed by atoms with E-state index in [0.29, 0.717) is 30.9 Å². The molecule has 0 aromatic heterocycles. The van der Waals surface area contributed by atoms with Gasteiger partial charge in [-0.3, -0.25) is 0 Å². The van der Waals surface area contributed by atoms with E-state index in [-0.39, 0.29) is 25.1 Å². The van der Waals surface area contributed by atoms with Crippen molar-refractivity contribution in [1.82, 2.24) is 10.6 Å². The van der Waals surface area contributed by atoms with Crippen LogP contribution in [-0.2, 0) is 16.4 Å². The molecule has 0 spiro atoms. The molecular weight excluding hydrogens is 308 g/mol. The minimum atomic E-state index is -3.03. The minimum absolute atomic E-state index is 0.162. The van der Waals surface area contributed by atoms with Crippen LogP contribution in [-0.4, -0.2) is 38.8 Å². The Labute approximate surface area is 128 Å². The predicted molar refractivity (Wildman–Crippen MR) is 79.6 cm³/mol. The van der Waals surface area contributed by atoms with E-state index < -0.39 is 15.1 Å². The van der Waals surface area contributed by atoms with Gasteiger partial charge in [-0.05, 0) is 30.5 Å². The third kappa shape index (κ3) is 3.27. The van der Waals surface area contributed by atoms with Gasteiger partial charge >= 0.3 is 6.03 Å². The molecular formula is C14H18N2O5S. The molecule has 7 nitrogen and oxygen atoms in total. The van der Waals surface area contributed by atoms with Gasteiger partial charge in [-0.1, -0.05) is 6.07 Å². The predicted octanol–water partition coefficient (Wildman–Crippen LogP) is 0.792. The number of sulfone groups is 1. The summed E-state index contributed by atoms with van der Waals surface area (Å²) in [5, 5.41) is 4.86. The second-order valence-electron chi connectivity index (χ2n) is 5.38. The van der Waals surface area contributed by atoms with E-state index in [2.05, 4.69) is 10.6 Å². The van der Waals surface area contributed by atoms with E-state index in [1.807, 2.05) is 12.1 Å². The molecule has 2 aliphatic heterocycles. The number of carbonyl (C=O) groups is 1.